The molecule has 1 amide bonds. The van der Waals surface area contributed by atoms with Gasteiger partial charge in [-0.05, 0) is 50.5 Å². The van der Waals surface area contributed by atoms with E-state index in [1.807, 2.05) is 17.0 Å². The number of carbonyl (C=O) groups is 1. The van der Waals surface area contributed by atoms with Gasteiger partial charge in [-0.2, -0.15) is 0 Å². The van der Waals surface area contributed by atoms with Crippen molar-refractivity contribution in [3.8, 4) is 11.5 Å². The maximum absolute atomic E-state index is 13.0. The van der Waals surface area contributed by atoms with Crippen LogP contribution in [0.1, 0.15) is 35.5 Å². The van der Waals surface area contributed by atoms with Crippen molar-refractivity contribution in [2.45, 2.75) is 38.3 Å². The molecular formula is C18H19ClN2O3. The first-order chi connectivity index (χ1) is 11.6. The Morgan fingerprint density at radius 3 is 2.88 bits per heavy atom. The quantitative estimate of drug-likeness (QED) is 0.832. The summed E-state index contributed by atoms with van der Waals surface area (Å²) in [5, 5.41) is 0.652. The van der Waals surface area contributed by atoms with Crippen molar-refractivity contribution in [1.82, 2.24) is 9.88 Å². The number of halogens is 1. The van der Waals surface area contributed by atoms with Crippen LogP contribution in [-0.4, -0.2) is 41.1 Å². The van der Waals surface area contributed by atoms with Crippen LogP contribution in [0.15, 0.2) is 28.7 Å². The van der Waals surface area contributed by atoms with Gasteiger partial charge in [0.05, 0.1) is 18.8 Å². The van der Waals surface area contributed by atoms with E-state index in [4.69, 9.17) is 20.8 Å². The number of aromatic nitrogens is 1. The fourth-order valence-electron chi connectivity index (χ4n) is 3.62. The standard InChI is InChI=1S/C18H19ClN2O3/c1-11-16(20-17(24-11)12-5-7-13(19)8-6-12)18(22)21-9-10-23-15-4-2-3-14(15)21/h5-8,14-15H,2-4,9-10H2,1H3/t14-,15-/m0/s1. The topological polar surface area (TPSA) is 55.6 Å². The number of amides is 1. The van der Waals surface area contributed by atoms with Crippen LogP contribution in [0.2, 0.25) is 5.02 Å². The molecule has 1 saturated heterocycles. The van der Waals surface area contributed by atoms with Crippen LogP contribution in [0, 0.1) is 6.92 Å². The van der Waals surface area contributed by atoms with E-state index in [9.17, 15) is 4.79 Å². The lowest BCUT2D eigenvalue weighted by atomic mass is 10.1. The molecule has 1 aromatic carbocycles. The molecule has 2 heterocycles. The van der Waals surface area contributed by atoms with Crippen molar-refractivity contribution in [2.24, 2.45) is 0 Å². The molecule has 2 aromatic rings. The number of fused-ring (bicyclic) bond motifs is 1. The first-order valence-corrected chi connectivity index (χ1v) is 8.67. The largest absolute Gasteiger partial charge is 0.441 e. The molecule has 1 aliphatic heterocycles. The minimum Gasteiger partial charge on any atom is -0.441 e. The highest BCUT2D eigenvalue weighted by atomic mass is 35.5. The van der Waals surface area contributed by atoms with Crippen LogP contribution < -0.4 is 0 Å². The Labute approximate surface area is 145 Å². The summed E-state index contributed by atoms with van der Waals surface area (Å²) < 4.78 is 11.5. The molecule has 0 radical (unpaired) electrons. The third kappa shape index (κ3) is 2.72. The normalized spacial score (nSPS) is 23.3. The number of benzene rings is 1. The first kappa shape index (κ1) is 15.7. The molecule has 1 aromatic heterocycles. The van der Waals surface area contributed by atoms with Gasteiger partial charge >= 0.3 is 0 Å². The molecule has 2 fully saturated rings. The minimum absolute atomic E-state index is 0.0586. The molecule has 2 atom stereocenters. The highest BCUT2D eigenvalue weighted by molar-refractivity contribution is 6.30. The van der Waals surface area contributed by atoms with Gasteiger partial charge in [0, 0.05) is 17.1 Å². The molecule has 126 valence electrons. The number of hydrogen-bond donors (Lipinski definition) is 0. The Bertz CT molecular complexity index is 756. The summed E-state index contributed by atoms with van der Waals surface area (Å²) in [6.45, 7) is 2.99. The molecule has 0 N–H and O–H groups in total. The van der Waals surface area contributed by atoms with Gasteiger partial charge in [-0.25, -0.2) is 4.98 Å². The van der Waals surface area contributed by atoms with E-state index in [2.05, 4.69) is 4.98 Å². The monoisotopic (exact) mass is 346 g/mol. The van der Waals surface area contributed by atoms with E-state index in [-0.39, 0.29) is 18.1 Å². The molecule has 2 aliphatic rings. The van der Waals surface area contributed by atoms with Gasteiger partial charge in [-0.15, -0.1) is 0 Å². The fraction of sp³-hybridized carbons (Fsp3) is 0.444. The first-order valence-electron chi connectivity index (χ1n) is 8.29. The molecule has 0 spiro atoms. The molecule has 4 rings (SSSR count). The summed E-state index contributed by atoms with van der Waals surface area (Å²) in [6.07, 6.45) is 3.30. The lowest BCUT2D eigenvalue weighted by molar-refractivity contribution is -0.0447. The Hall–Kier alpha value is -1.85. The summed E-state index contributed by atoms with van der Waals surface area (Å²) in [4.78, 5) is 19.4. The zero-order chi connectivity index (χ0) is 16.7. The molecular weight excluding hydrogens is 328 g/mol. The minimum atomic E-state index is -0.0586. The summed E-state index contributed by atoms with van der Waals surface area (Å²) in [7, 11) is 0. The van der Waals surface area contributed by atoms with Crippen LogP contribution in [0.25, 0.3) is 11.5 Å². The van der Waals surface area contributed by atoms with Crippen molar-refractivity contribution in [2.75, 3.05) is 13.2 Å². The number of hydrogen-bond acceptors (Lipinski definition) is 4. The van der Waals surface area contributed by atoms with Crippen LogP contribution in [0.5, 0.6) is 0 Å². The van der Waals surface area contributed by atoms with Crippen molar-refractivity contribution in [1.29, 1.82) is 0 Å². The van der Waals surface area contributed by atoms with E-state index < -0.39 is 0 Å². The van der Waals surface area contributed by atoms with Crippen molar-refractivity contribution in [3.63, 3.8) is 0 Å². The highest BCUT2D eigenvalue weighted by Gasteiger charge is 2.39. The summed E-state index contributed by atoms with van der Waals surface area (Å²) in [6, 6.07) is 7.40. The van der Waals surface area contributed by atoms with E-state index >= 15 is 0 Å². The molecule has 0 bridgehead atoms. The van der Waals surface area contributed by atoms with Gasteiger partial charge in [0.2, 0.25) is 5.89 Å². The Kier molecular flexibility index (Phi) is 4.06. The van der Waals surface area contributed by atoms with Crippen LogP contribution in [0.3, 0.4) is 0 Å². The van der Waals surface area contributed by atoms with Crippen LogP contribution in [0.4, 0.5) is 0 Å². The average Bonchev–Trinajstić information content (AvgIpc) is 3.21. The van der Waals surface area contributed by atoms with Gasteiger partial charge < -0.3 is 14.1 Å². The van der Waals surface area contributed by atoms with Gasteiger partial charge in [0.25, 0.3) is 5.91 Å². The number of oxazole rings is 1. The summed E-state index contributed by atoms with van der Waals surface area (Å²) in [5.74, 6) is 0.936. The second kappa shape index (κ2) is 6.22. The lowest BCUT2D eigenvalue weighted by Crippen LogP contribution is -2.51. The maximum Gasteiger partial charge on any atom is 0.276 e. The van der Waals surface area contributed by atoms with Crippen molar-refractivity contribution < 1.29 is 13.9 Å². The van der Waals surface area contributed by atoms with Gasteiger partial charge in [0.15, 0.2) is 5.69 Å². The molecule has 24 heavy (non-hydrogen) atoms. The van der Waals surface area contributed by atoms with Crippen LogP contribution >= 0.6 is 11.6 Å². The van der Waals surface area contributed by atoms with E-state index in [0.29, 0.717) is 35.5 Å². The predicted octanol–water partition coefficient (Wildman–Crippen LogP) is 3.70. The maximum atomic E-state index is 13.0. The molecule has 1 saturated carbocycles. The highest BCUT2D eigenvalue weighted by Crippen LogP contribution is 2.31. The average molecular weight is 347 g/mol. The summed E-state index contributed by atoms with van der Waals surface area (Å²) in [5.41, 5.74) is 1.20. The molecule has 0 unspecified atom stereocenters. The van der Waals surface area contributed by atoms with Crippen molar-refractivity contribution >= 4 is 17.5 Å². The van der Waals surface area contributed by atoms with E-state index in [1.165, 1.54) is 0 Å². The zero-order valence-electron chi connectivity index (χ0n) is 13.5. The number of rotatable bonds is 2. The molecule has 5 nitrogen and oxygen atoms in total. The number of morpholine rings is 1. The third-order valence-electron chi connectivity index (χ3n) is 4.83. The van der Waals surface area contributed by atoms with E-state index in [0.717, 1.165) is 24.8 Å². The Morgan fingerprint density at radius 1 is 1.29 bits per heavy atom. The second-order valence-electron chi connectivity index (χ2n) is 6.34. The van der Waals surface area contributed by atoms with E-state index in [1.54, 1.807) is 19.1 Å². The second-order valence-corrected chi connectivity index (χ2v) is 6.77. The van der Waals surface area contributed by atoms with Crippen LogP contribution in [-0.2, 0) is 4.74 Å². The third-order valence-corrected chi connectivity index (χ3v) is 5.09. The van der Waals surface area contributed by atoms with Gasteiger partial charge in [-0.1, -0.05) is 11.6 Å². The predicted molar refractivity (Wildman–Crippen MR) is 90.1 cm³/mol. The van der Waals surface area contributed by atoms with Crippen molar-refractivity contribution in [3.05, 3.63) is 40.7 Å². The molecule has 1 aliphatic carbocycles. The number of ether oxygens (including phenoxy) is 1. The smallest absolute Gasteiger partial charge is 0.276 e. The lowest BCUT2D eigenvalue weighted by Gasteiger charge is -2.37. The fourth-order valence-corrected chi connectivity index (χ4v) is 3.75. The molecule has 6 heteroatoms. The Morgan fingerprint density at radius 2 is 2.08 bits per heavy atom. The Balaban J connectivity index is 1.62. The van der Waals surface area contributed by atoms with Gasteiger partial charge in [-0.3, -0.25) is 4.79 Å². The zero-order valence-corrected chi connectivity index (χ0v) is 14.3. The number of nitrogens with zero attached hydrogens (tertiary/aromatic N) is 2. The SMILES string of the molecule is Cc1oc(-c2ccc(Cl)cc2)nc1C(=O)N1CCO[C@H]2CCC[C@@H]21. The van der Waals surface area contributed by atoms with Gasteiger partial charge in [0.1, 0.15) is 5.76 Å². The number of aryl methyl sites for hydroxylation is 1. The number of carbonyl (C=O) groups excluding carboxylic acids is 1. The summed E-state index contributed by atoms with van der Waals surface area (Å²) >= 11 is 5.92.